The minimum absolute atomic E-state index is 0.00618. The van der Waals surface area contributed by atoms with Crippen molar-refractivity contribution in [3.63, 3.8) is 0 Å². The van der Waals surface area contributed by atoms with E-state index in [9.17, 15) is 18.0 Å². The lowest BCUT2D eigenvalue weighted by Gasteiger charge is -2.30. The quantitative estimate of drug-likeness (QED) is 0.421. The van der Waals surface area contributed by atoms with E-state index in [4.69, 9.17) is 11.6 Å². The number of halogens is 1. The maximum Gasteiger partial charge on any atom is 0.242 e. The van der Waals surface area contributed by atoms with Gasteiger partial charge in [0, 0.05) is 30.6 Å². The van der Waals surface area contributed by atoms with Gasteiger partial charge in [-0.2, -0.15) is 0 Å². The molecule has 198 valence electrons. The molecule has 0 spiro atoms. The molecule has 0 aliphatic heterocycles. The average molecular weight is 536 g/mol. The lowest BCUT2D eigenvalue weighted by molar-refractivity contribution is -0.140. The van der Waals surface area contributed by atoms with E-state index in [1.165, 1.54) is 10.6 Å². The van der Waals surface area contributed by atoms with Gasteiger partial charge in [0.25, 0.3) is 0 Å². The van der Waals surface area contributed by atoms with Crippen molar-refractivity contribution in [2.24, 2.45) is 0 Å². The molecular formula is C27H38ClN3O4S. The van der Waals surface area contributed by atoms with Crippen LogP contribution in [0.1, 0.15) is 56.7 Å². The highest BCUT2D eigenvalue weighted by Gasteiger charge is 2.27. The van der Waals surface area contributed by atoms with Crippen LogP contribution in [0, 0.1) is 13.8 Å². The standard InChI is InChI=1S/C27H38ClN3O4S/c1-7-20(3)29-27(33)22(5)30(18-23-13-15-24(28)16-14-23)26(32)12-9-17-31(36(6,34)35)25-11-8-10-19(2)21(25)4/h8,10-11,13-16,20,22H,7,9,12,17-18H2,1-6H3,(H,29,33). The Hall–Kier alpha value is -2.58. The number of carbonyl (C=O) groups is 2. The number of amides is 2. The van der Waals surface area contributed by atoms with Gasteiger partial charge in [-0.25, -0.2) is 8.42 Å². The molecule has 2 aromatic carbocycles. The summed E-state index contributed by atoms with van der Waals surface area (Å²) in [5.41, 5.74) is 3.34. The molecule has 2 atom stereocenters. The number of nitrogens with zero attached hydrogens (tertiary/aromatic N) is 2. The first-order chi connectivity index (χ1) is 16.8. The van der Waals surface area contributed by atoms with Crippen molar-refractivity contribution in [3.8, 4) is 0 Å². The molecule has 0 fully saturated rings. The van der Waals surface area contributed by atoms with Gasteiger partial charge in [-0.15, -0.1) is 0 Å². The molecular weight excluding hydrogens is 498 g/mol. The molecule has 0 aromatic heterocycles. The second-order valence-electron chi connectivity index (χ2n) is 9.30. The Morgan fingerprint density at radius 1 is 1.06 bits per heavy atom. The summed E-state index contributed by atoms with van der Waals surface area (Å²) in [6.45, 7) is 9.85. The van der Waals surface area contributed by atoms with Gasteiger partial charge in [0.1, 0.15) is 6.04 Å². The normalized spacial score (nSPS) is 13.1. The number of aryl methyl sites for hydroxylation is 1. The number of sulfonamides is 1. The predicted molar refractivity (Wildman–Crippen MR) is 147 cm³/mol. The molecule has 7 nitrogen and oxygen atoms in total. The summed E-state index contributed by atoms with van der Waals surface area (Å²) in [4.78, 5) is 27.8. The highest BCUT2D eigenvalue weighted by atomic mass is 35.5. The van der Waals surface area contributed by atoms with E-state index >= 15 is 0 Å². The minimum Gasteiger partial charge on any atom is -0.352 e. The monoisotopic (exact) mass is 535 g/mol. The first-order valence-corrected chi connectivity index (χ1v) is 14.5. The lowest BCUT2D eigenvalue weighted by Crippen LogP contribution is -2.49. The zero-order chi connectivity index (χ0) is 27.0. The van der Waals surface area contributed by atoms with Crippen molar-refractivity contribution in [1.29, 1.82) is 0 Å². The Kier molecular flexibility index (Phi) is 10.8. The van der Waals surface area contributed by atoms with Crippen LogP contribution < -0.4 is 9.62 Å². The average Bonchev–Trinajstić information content (AvgIpc) is 2.82. The summed E-state index contributed by atoms with van der Waals surface area (Å²) in [7, 11) is -3.54. The third kappa shape index (κ3) is 8.23. The molecule has 0 aliphatic rings. The fourth-order valence-corrected chi connectivity index (χ4v) is 4.96. The number of hydrogen-bond donors (Lipinski definition) is 1. The number of rotatable bonds is 12. The van der Waals surface area contributed by atoms with E-state index in [-0.39, 0.29) is 37.4 Å². The van der Waals surface area contributed by atoms with Crippen LogP contribution in [-0.2, 0) is 26.2 Å². The summed E-state index contributed by atoms with van der Waals surface area (Å²) in [5.74, 6) is -0.439. The van der Waals surface area contributed by atoms with E-state index in [2.05, 4.69) is 5.32 Å². The summed E-state index contributed by atoms with van der Waals surface area (Å²) >= 11 is 6.00. The van der Waals surface area contributed by atoms with E-state index in [0.29, 0.717) is 17.1 Å². The van der Waals surface area contributed by atoms with Gasteiger partial charge < -0.3 is 10.2 Å². The number of carbonyl (C=O) groups excluding carboxylic acids is 2. The van der Waals surface area contributed by atoms with E-state index < -0.39 is 16.1 Å². The van der Waals surface area contributed by atoms with Crippen LogP contribution in [0.4, 0.5) is 5.69 Å². The summed E-state index contributed by atoms with van der Waals surface area (Å²) in [5, 5.41) is 3.53. The van der Waals surface area contributed by atoms with Crippen molar-refractivity contribution in [3.05, 3.63) is 64.2 Å². The van der Waals surface area contributed by atoms with E-state index in [0.717, 1.165) is 23.1 Å². The first-order valence-electron chi connectivity index (χ1n) is 12.2. The van der Waals surface area contributed by atoms with Gasteiger partial charge >= 0.3 is 0 Å². The Morgan fingerprint density at radius 3 is 2.28 bits per heavy atom. The van der Waals surface area contributed by atoms with Gasteiger partial charge in [0.05, 0.1) is 11.9 Å². The molecule has 2 amide bonds. The zero-order valence-corrected chi connectivity index (χ0v) is 23.6. The third-order valence-electron chi connectivity index (χ3n) is 6.43. The highest BCUT2D eigenvalue weighted by Crippen LogP contribution is 2.25. The van der Waals surface area contributed by atoms with Gasteiger partial charge in [-0.05, 0) is 75.4 Å². The minimum atomic E-state index is -3.54. The van der Waals surface area contributed by atoms with Crippen molar-refractivity contribution < 1.29 is 18.0 Å². The molecule has 2 aromatic rings. The Bertz CT molecular complexity index is 1150. The van der Waals surface area contributed by atoms with Crippen LogP contribution in [0.25, 0.3) is 0 Å². The van der Waals surface area contributed by atoms with Gasteiger partial charge in [0.15, 0.2) is 0 Å². The second kappa shape index (κ2) is 13.1. The van der Waals surface area contributed by atoms with Crippen molar-refractivity contribution in [2.45, 2.75) is 72.5 Å². The number of nitrogens with one attached hydrogen (secondary N) is 1. The summed E-state index contributed by atoms with van der Waals surface area (Å²) in [6, 6.07) is 12.0. The largest absolute Gasteiger partial charge is 0.352 e. The maximum absolute atomic E-state index is 13.4. The second-order valence-corrected chi connectivity index (χ2v) is 11.6. The molecule has 9 heteroatoms. The van der Waals surface area contributed by atoms with E-state index in [1.807, 2.05) is 52.0 Å². The van der Waals surface area contributed by atoms with Crippen LogP contribution in [0.2, 0.25) is 5.02 Å². The predicted octanol–water partition coefficient (Wildman–Crippen LogP) is 4.84. The molecule has 2 rings (SSSR count). The molecule has 0 saturated heterocycles. The first kappa shape index (κ1) is 29.6. The molecule has 0 saturated carbocycles. The topological polar surface area (TPSA) is 86.8 Å². The van der Waals surface area contributed by atoms with Crippen molar-refractivity contribution in [1.82, 2.24) is 10.2 Å². The van der Waals surface area contributed by atoms with Crippen LogP contribution >= 0.6 is 11.6 Å². The van der Waals surface area contributed by atoms with Crippen molar-refractivity contribution >= 4 is 39.1 Å². The molecule has 36 heavy (non-hydrogen) atoms. The van der Waals surface area contributed by atoms with E-state index in [1.54, 1.807) is 30.0 Å². The van der Waals surface area contributed by atoms with Crippen molar-refractivity contribution in [2.75, 3.05) is 17.1 Å². The molecule has 0 radical (unpaired) electrons. The van der Waals surface area contributed by atoms with Gasteiger partial charge in [-0.3, -0.25) is 13.9 Å². The fraction of sp³-hybridized carbons (Fsp3) is 0.481. The number of hydrogen-bond acceptors (Lipinski definition) is 4. The maximum atomic E-state index is 13.4. The smallest absolute Gasteiger partial charge is 0.242 e. The molecule has 0 aliphatic carbocycles. The Balaban J connectivity index is 2.20. The van der Waals surface area contributed by atoms with Gasteiger partial charge in [-0.1, -0.05) is 42.8 Å². The molecule has 0 heterocycles. The summed E-state index contributed by atoms with van der Waals surface area (Å²) in [6.07, 6.45) is 2.37. The Morgan fingerprint density at radius 2 is 1.69 bits per heavy atom. The van der Waals surface area contributed by atoms with Gasteiger partial charge in [0.2, 0.25) is 21.8 Å². The molecule has 0 bridgehead atoms. The van der Waals surface area contributed by atoms with Crippen LogP contribution in [-0.4, -0.2) is 50.0 Å². The van der Waals surface area contributed by atoms with Crippen LogP contribution in [0.15, 0.2) is 42.5 Å². The Labute approximate surface area is 220 Å². The SMILES string of the molecule is CCC(C)NC(=O)C(C)N(Cc1ccc(Cl)cc1)C(=O)CCCN(c1cccc(C)c1C)S(C)(=O)=O. The summed E-state index contributed by atoms with van der Waals surface area (Å²) < 4.78 is 26.5. The number of anilines is 1. The molecule has 1 N–H and O–H groups in total. The fourth-order valence-electron chi connectivity index (χ4n) is 3.82. The lowest BCUT2D eigenvalue weighted by atomic mass is 10.1. The third-order valence-corrected chi connectivity index (χ3v) is 7.86. The number of benzene rings is 2. The van der Waals surface area contributed by atoms with Crippen LogP contribution in [0.3, 0.4) is 0 Å². The molecule has 2 unspecified atom stereocenters. The zero-order valence-electron chi connectivity index (χ0n) is 22.0. The van der Waals surface area contributed by atoms with Crippen LogP contribution in [0.5, 0.6) is 0 Å². The highest BCUT2D eigenvalue weighted by molar-refractivity contribution is 7.92.